The Bertz CT molecular complexity index is 600. The Morgan fingerprint density at radius 2 is 1.00 bits per heavy atom. The monoisotopic (exact) mass is 434 g/mol. The quantitative estimate of drug-likeness (QED) is 0.578. The van der Waals surface area contributed by atoms with Crippen LogP contribution in [-0.2, 0) is 13.1 Å². The van der Waals surface area contributed by atoms with E-state index in [0.29, 0.717) is 12.1 Å². The van der Waals surface area contributed by atoms with E-state index in [4.69, 9.17) is 23.2 Å². The van der Waals surface area contributed by atoms with Gasteiger partial charge in [-0.15, -0.1) is 24.8 Å². The van der Waals surface area contributed by atoms with Gasteiger partial charge in [-0.1, -0.05) is 59.6 Å². The zero-order chi connectivity index (χ0) is 16.8. The number of hydrogen-bond acceptors (Lipinski definition) is 2. The second kappa shape index (κ2) is 12.1. The van der Waals surface area contributed by atoms with Gasteiger partial charge in [0, 0.05) is 35.2 Å². The number of nitrogens with one attached hydrogen (secondary N) is 2. The topological polar surface area (TPSA) is 24.1 Å². The van der Waals surface area contributed by atoms with Gasteiger partial charge in [0.25, 0.3) is 0 Å². The van der Waals surface area contributed by atoms with Gasteiger partial charge in [0.15, 0.2) is 0 Å². The van der Waals surface area contributed by atoms with Crippen molar-refractivity contribution in [2.75, 3.05) is 0 Å². The number of hydrogen-bond donors (Lipinski definition) is 2. The fraction of sp³-hybridized carbons (Fsp3) is 0.400. The first-order valence-electron chi connectivity index (χ1n) is 8.66. The summed E-state index contributed by atoms with van der Waals surface area (Å²) in [4.78, 5) is 0. The Morgan fingerprint density at radius 1 is 0.654 bits per heavy atom. The normalized spacial score (nSPS) is 19.3. The molecule has 0 spiro atoms. The lowest BCUT2D eigenvalue weighted by atomic mass is 9.91. The molecule has 2 aromatic rings. The summed E-state index contributed by atoms with van der Waals surface area (Å²) in [5.41, 5.74) is 2.36. The number of benzene rings is 2. The molecule has 0 atom stereocenters. The highest BCUT2D eigenvalue weighted by atomic mass is 35.5. The van der Waals surface area contributed by atoms with Gasteiger partial charge in [0.2, 0.25) is 0 Å². The largest absolute Gasteiger partial charge is 0.310 e. The molecule has 0 aliphatic heterocycles. The van der Waals surface area contributed by atoms with Crippen LogP contribution in [0.15, 0.2) is 48.5 Å². The van der Waals surface area contributed by atoms with Gasteiger partial charge in [0.1, 0.15) is 0 Å². The molecule has 1 fully saturated rings. The third-order valence-electron chi connectivity index (χ3n) is 4.81. The maximum atomic E-state index is 6.22. The van der Waals surface area contributed by atoms with E-state index in [1.54, 1.807) is 0 Å². The van der Waals surface area contributed by atoms with Gasteiger partial charge in [-0.05, 0) is 48.9 Å². The molecule has 2 aromatic carbocycles. The minimum Gasteiger partial charge on any atom is -0.310 e. The molecule has 0 amide bonds. The van der Waals surface area contributed by atoms with Gasteiger partial charge < -0.3 is 10.6 Å². The molecule has 6 heteroatoms. The summed E-state index contributed by atoms with van der Waals surface area (Å²) in [6, 6.07) is 17.3. The highest BCUT2D eigenvalue weighted by Gasteiger charge is 2.20. The summed E-state index contributed by atoms with van der Waals surface area (Å²) in [5, 5.41) is 8.99. The Balaban J connectivity index is 0.00000169. The van der Waals surface area contributed by atoms with Crippen molar-refractivity contribution >= 4 is 48.0 Å². The van der Waals surface area contributed by atoms with Gasteiger partial charge in [-0.2, -0.15) is 0 Å². The third-order valence-corrected chi connectivity index (χ3v) is 5.54. The van der Waals surface area contributed by atoms with Crippen LogP contribution in [0.2, 0.25) is 10.0 Å². The Kier molecular flexibility index (Phi) is 10.9. The average Bonchev–Trinajstić information content (AvgIpc) is 2.61. The van der Waals surface area contributed by atoms with Gasteiger partial charge in [-0.25, -0.2) is 0 Å². The minimum atomic E-state index is 0. The molecule has 3 rings (SSSR count). The molecule has 2 nitrogen and oxygen atoms in total. The maximum absolute atomic E-state index is 6.22. The van der Waals surface area contributed by atoms with Gasteiger partial charge >= 0.3 is 0 Å². The van der Waals surface area contributed by atoms with E-state index < -0.39 is 0 Å². The molecule has 0 bridgehead atoms. The van der Waals surface area contributed by atoms with Crippen molar-refractivity contribution in [1.29, 1.82) is 0 Å². The third kappa shape index (κ3) is 6.92. The van der Waals surface area contributed by atoms with E-state index in [2.05, 4.69) is 22.8 Å². The summed E-state index contributed by atoms with van der Waals surface area (Å²) < 4.78 is 0. The van der Waals surface area contributed by atoms with Crippen LogP contribution < -0.4 is 10.6 Å². The van der Waals surface area contributed by atoms with Crippen molar-refractivity contribution in [2.45, 2.75) is 50.9 Å². The summed E-state index contributed by atoms with van der Waals surface area (Å²) in [6.07, 6.45) is 4.80. The van der Waals surface area contributed by atoms with Crippen molar-refractivity contribution < 1.29 is 0 Å². The lowest BCUT2D eigenvalue weighted by molar-refractivity contribution is 0.305. The van der Waals surface area contributed by atoms with Crippen molar-refractivity contribution in [3.63, 3.8) is 0 Å². The van der Waals surface area contributed by atoms with E-state index in [9.17, 15) is 0 Å². The van der Waals surface area contributed by atoms with Gasteiger partial charge in [0.05, 0.1) is 0 Å². The Morgan fingerprint density at radius 3 is 1.35 bits per heavy atom. The molecule has 0 aromatic heterocycles. The molecule has 0 heterocycles. The van der Waals surface area contributed by atoms with Crippen LogP contribution in [0.1, 0.15) is 36.8 Å². The van der Waals surface area contributed by atoms with E-state index in [-0.39, 0.29) is 24.8 Å². The van der Waals surface area contributed by atoms with Crippen LogP contribution in [0.3, 0.4) is 0 Å². The van der Waals surface area contributed by atoms with E-state index in [0.717, 1.165) is 23.1 Å². The van der Waals surface area contributed by atoms with E-state index >= 15 is 0 Å². The molecule has 1 aliphatic rings. The predicted octanol–water partition coefficient (Wildman–Crippen LogP) is 6.03. The van der Waals surface area contributed by atoms with Gasteiger partial charge in [-0.3, -0.25) is 0 Å². The first-order chi connectivity index (χ1) is 11.7. The molecule has 1 saturated carbocycles. The second-order valence-electron chi connectivity index (χ2n) is 6.49. The summed E-state index contributed by atoms with van der Waals surface area (Å²) in [5.74, 6) is 0. The summed E-state index contributed by atoms with van der Waals surface area (Å²) in [6.45, 7) is 1.70. The van der Waals surface area contributed by atoms with Crippen molar-refractivity contribution in [1.82, 2.24) is 10.6 Å². The summed E-state index contributed by atoms with van der Waals surface area (Å²) in [7, 11) is 0. The fourth-order valence-electron chi connectivity index (χ4n) is 3.29. The molecule has 144 valence electrons. The molecule has 2 N–H and O–H groups in total. The zero-order valence-corrected chi connectivity index (χ0v) is 17.7. The first-order valence-corrected chi connectivity index (χ1v) is 9.41. The lowest BCUT2D eigenvalue weighted by Crippen LogP contribution is -2.39. The molecule has 26 heavy (non-hydrogen) atoms. The average molecular weight is 436 g/mol. The van der Waals surface area contributed by atoms with Crippen LogP contribution in [0.5, 0.6) is 0 Å². The SMILES string of the molecule is Cl.Cl.Clc1ccccc1CNC1CCC(NCc2ccccc2Cl)CC1. The lowest BCUT2D eigenvalue weighted by Gasteiger charge is -2.30. The highest BCUT2D eigenvalue weighted by Crippen LogP contribution is 2.22. The predicted molar refractivity (Wildman–Crippen MR) is 117 cm³/mol. The van der Waals surface area contributed by atoms with Crippen LogP contribution in [0.4, 0.5) is 0 Å². The van der Waals surface area contributed by atoms with Crippen LogP contribution >= 0.6 is 48.0 Å². The fourth-order valence-corrected chi connectivity index (χ4v) is 3.70. The van der Waals surface area contributed by atoms with Crippen molar-refractivity contribution in [3.8, 4) is 0 Å². The van der Waals surface area contributed by atoms with E-state index in [1.165, 1.54) is 36.8 Å². The summed E-state index contributed by atoms with van der Waals surface area (Å²) >= 11 is 12.4. The van der Waals surface area contributed by atoms with Crippen LogP contribution in [-0.4, -0.2) is 12.1 Å². The standard InChI is InChI=1S/C20H24Cl2N2.2ClH/c21-19-7-3-1-5-15(19)13-23-17-9-11-18(12-10-17)24-14-16-6-2-4-8-20(16)22;;/h1-8,17-18,23-24H,9-14H2;2*1H. The zero-order valence-electron chi connectivity index (χ0n) is 14.6. The highest BCUT2D eigenvalue weighted by molar-refractivity contribution is 6.31. The second-order valence-corrected chi connectivity index (χ2v) is 7.31. The number of halogens is 4. The van der Waals surface area contributed by atoms with Crippen LogP contribution in [0, 0.1) is 0 Å². The first kappa shape index (κ1) is 23.6. The van der Waals surface area contributed by atoms with Crippen molar-refractivity contribution in [2.24, 2.45) is 0 Å². The molecule has 0 saturated heterocycles. The van der Waals surface area contributed by atoms with E-state index in [1.807, 2.05) is 36.4 Å². The Hall–Kier alpha value is -0.480. The van der Waals surface area contributed by atoms with Crippen LogP contribution in [0.25, 0.3) is 0 Å². The Labute approximate surface area is 178 Å². The smallest absolute Gasteiger partial charge is 0.0450 e. The molecule has 1 aliphatic carbocycles. The minimum absolute atomic E-state index is 0. The maximum Gasteiger partial charge on any atom is 0.0450 e. The number of rotatable bonds is 6. The molecular weight excluding hydrogens is 410 g/mol. The van der Waals surface area contributed by atoms with Crippen molar-refractivity contribution in [3.05, 3.63) is 69.7 Å². The molecule has 0 unspecified atom stereocenters. The molecular formula is C20H26Cl4N2. The molecule has 0 radical (unpaired) electrons.